The van der Waals surface area contributed by atoms with Gasteiger partial charge in [0.2, 0.25) is 0 Å². The fourth-order valence-electron chi connectivity index (χ4n) is 2.15. The van der Waals surface area contributed by atoms with Gasteiger partial charge in [-0.3, -0.25) is 9.13 Å². The highest BCUT2D eigenvalue weighted by Gasteiger charge is 2.08. The van der Waals surface area contributed by atoms with E-state index in [9.17, 15) is 4.79 Å². The van der Waals surface area contributed by atoms with Crippen LogP contribution >= 0.6 is 0 Å². The van der Waals surface area contributed by atoms with E-state index >= 15 is 0 Å². The number of hydrogen-bond donors (Lipinski definition) is 0. The van der Waals surface area contributed by atoms with Crippen molar-refractivity contribution in [3.63, 3.8) is 0 Å². The van der Waals surface area contributed by atoms with Crippen LogP contribution in [0.5, 0.6) is 0 Å². The Kier molecular flexibility index (Phi) is 4.76. The second-order valence-electron chi connectivity index (χ2n) is 4.44. The summed E-state index contributed by atoms with van der Waals surface area (Å²) in [6.45, 7) is 2.52. The second-order valence-corrected chi connectivity index (χ2v) is 4.44. The van der Waals surface area contributed by atoms with Crippen LogP contribution in [0.25, 0.3) is 11.0 Å². The lowest BCUT2D eigenvalue weighted by Gasteiger charge is -2.04. The first-order valence-electron chi connectivity index (χ1n) is 6.46. The predicted molar refractivity (Wildman–Crippen MR) is 74.5 cm³/mol. The Hall–Kier alpha value is -1.59. The standard InChI is InChI=1S/C14H20N2O3/c1-15-12-6-3-4-7-13(12)16(14(15)17)8-5-9-19-11-10-18-2/h3-4,6-7H,5,8-11H2,1-2H3. The average Bonchev–Trinajstić information content (AvgIpc) is 2.68. The van der Waals surface area contributed by atoms with Crippen LogP contribution < -0.4 is 5.69 Å². The molecule has 0 aliphatic rings. The molecule has 0 atom stereocenters. The van der Waals surface area contributed by atoms with Crippen molar-refractivity contribution < 1.29 is 9.47 Å². The fourth-order valence-corrected chi connectivity index (χ4v) is 2.15. The van der Waals surface area contributed by atoms with Crippen LogP contribution in [-0.4, -0.2) is 36.1 Å². The number of methoxy groups -OCH3 is 1. The lowest BCUT2D eigenvalue weighted by Crippen LogP contribution is -2.22. The Morgan fingerprint density at radius 1 is 1.11 bits per heavy atom. The van der Waals surface area contributed by atoms with Crippen molar-refractivity contribution >= 4 is 11.0 Å². The summed E-state index contributed by atoms with van der Waals surface area (Å²) in [5.74, 6) is 0. The van der Waals surface area contributed by atoms with E-state index in [0.29, 0.717) is 26.4 Å². The van der Waals surface area contributed by atoms with Crippen molar-refractivity contribution in [2.45, 2.75) is 13.0 Å². The van der Waals surface area contributed by atoms with Gasteiger partial charge in [0.05, 0.1) is 24.2 Å². The Bertz CT molecular complexity index is 586. The number of rotatable bonds is 7. The van der Waals surface area contributed by atoms with Gasteiger partial charge in [-0.05, 0) is 18.6 Å². The average molecular weight is 264 g/mol. The highest BCUT2D eigenvalue weighted by atomic mass is 16.5. The van der Waals surface area contributed by atoms with Gasteiger partial charge in [-0.15, -0.1) is 0 Å². The SMILES string of the molecule is COCCOCCCn1c(=O)n(C)c2ccccc21. The minimum absolute atomic E-state index is 0.0260. The van der Waals surface area contributed by atoms with Gasteiger partial charge in [0, 0.05) is 27.3 Å². The van der Waals surface area contributed by atoms with E-state index in [2.05, 4.69) is 0 Å². The zero-order chi connectivity index (χ0) is 13.7. The lowest BCUT2D eigenvalue weighted by molar-refractivity contribution is 0.0680. The molecule has 1 aromatic carbocycles. The molecule has 0 aliphatic heterocycles. The van der Waals surface area contributed by atoms with Crippen molar-refractivity contribution in [3.8, 4) is 0 Å². The molecule has 5 nitrogen and oxygen atoms in total. The lowest BCUT2D eigenvalue weighted by atomic mass is 10.3. The van der Waals surface area contributed by atoms with Crippen molar-refractivity contribution in [3.05, 3.63) is 34.7 Å². The maximum absolute atomic E-state index is 12.1. The van der Waals surface area contributed by atoms with Crippen molar-refractivity contribution in [1.82, 2.24) is 9.13 Å². The smallest absolute Gasteiger partial charge is 0.328 e. The van der Waals surface area contributed by atoms with Crippen LogP contribution in [-0.2, 0) is 23.1 Å². The Labute approximate surface area is 112 Å². The highest BCUT2D eigenvalue weighted by Crippen LogP contribution is 2.11. The molecule has 0 bridgehead atoms. The number of imidazole rings is 1. The maximum atomic E-state index is 12.1. The summed E-state index contributed by atoms with van der Waals surface area (Å²) >= 11 is 0. The topological polar surface area (TPSA) is 45.4 Å². The van der Waals surface area contributed by atoms with Crippen LogP contribution in [0.1, 0.15) is 6.42 Å². The molecule has 2 rings (SSSR count). The third-order valence-electron chi connectivity index (χ3n) is 3.15. The first-order valence-corrected chi connectivity index (χ1v) is 6.46. The van der Waals surface area contributed by atoms with Crippen LogP contribution in [0.2, 0.25) is 0 Å². The van der Waals surface area contributed by atoms with E-state index in [1.807, 2.05) is 24.3 Å². The minimum atomic E-state index is 0.0260. The normalized spacial score (nSPS) is 11.3. The van der Waals surface area contributed by atoms with Crippen LogP contribution in [0.15, 0.2) is 29.1 Å². The summed E-state index contributed by atoms with van der Waals surface area (Å²) in [6, 6.07) is 7.83. The van der Waals surface area contributed by atoms with Gasteiger partial charge in [0.1, 0.15) is 0 Å². The van der Waals surface area contributed by atoms with Gasteiger partial charge in [-0.2, -0.15) is 0 Å². The zero-order valence-corrected chi connectivity index (χ0v) is 11.5. The number of aromatic nitrogens is 2. The van der Waals surface area contributed by atoms with Gasteiger partial charge in [-0.1, -0.05) is 12.1 Å². The molecule has 0 unspecified atom stereocenters. The molecular weight excluding hydrogens is 244 g/mol. The van der Waals surface area contributed by atoms with E-state index in [4.69, 9.17) is 9.47 Å². The van der Waals surface area contributed by atoms with E-state index in [1.165, 1.54) is 0 Å². The van der Waals surface area contributed by atoms with Gasteiger partial charge in [0.25, 0.3) is 0 Å². The Morgan fingerprint density at radius 3 is 2.58 bits per heavy atom. The van der Waals surface area contributed by atoms with Crippen molar-refractivity contribution in [1.29, 1.82) is 0 Å². The molecule has 104 valence electrons. The Morgan fingerprint density at radius 2 is 1.84 bits per heavy atom. The summed E-state index contributed by atoms with van der Waals surface area (Å²) in [6.07, 6.45) is 0.817. The maximum Gasteiger partial charge on any atom is 0.328 e. The number of nitrogens with zero attached hydrogens (tertiary/aromatic N) is 2. The van der Waals surface area contributed by atoms with Gasteiger partial charge in [0.15, 0.2) is 0 Å². The summed E-state index contributed by atoms with van der Waals surface area (Å²) in [5, 5.41) is 0. The van der Waals surface area contributed by atoms with E-state index in [0.717, 1.165) is 17.5 Å². The first-order chi connectivity index (χ1) is 9.25. The van der Waals surface area contributed by atoms with Gasteiger partial charge < -0.3 is 9.47 Å². The summed E-state index contributed by atoms with van der Waals surface area (Å²) in [5.41, 5.74) is 1.97. The summed E-state index contributed by atoms with van der Waals surface area (Å²) < 4.78 is 13.8. The van der Waals surface area contributed by atoms with Crippen molar-refractivity contribution in [2.24, 2.45) is 7.05 Å². The summed E-state index contributed by atoms with van der Waals surface area (Å²) in [4.78, 5) is 12.1. The number of ether oxygens (including phenoxy) is 2. The van der Waals surface area contributed by atoms with Crippen LogP contribution in [0.3, 0.4) is 0 Å². The molecular formula is C14H20N2O3. The van der Waals surface area contributed by atoms with E-state index < -0.39 is 0 Å². The van der Waals surface area contributed by atoms with E-state index in [-0.39, 0.29) is 5.69 Å². The molecule has 0 amide bonds. The number of fused-ring (bicyclic) bond motifs is 1. The minimum Gasteiger partial charge on any atom is -0.382 e. The molecule has 0 spiro atoms. The quantitative estimate of drug-likeness (QED) is 0.710. The number of para-hydroxylation sites is 2. The highest BCUT2D eigenvalue weighted by molar-refractivity contribution is 5.75. The Balaban J connectivity index is 2.01. The van der Waals surface area contributed by atoms with Crippen molar-refractivity contribution in [2.75, 3.05) is 26.9 Å². The molecule has 19 heavy (non-hydrogen) atoms. The largest absolute Gasteiger partial charge is 0.382 e. The second kappa shape index (κ2) is 6.54. The number of aryl methyl sites for hydroxylation is 2. The first kappa shape index (κ1) is 13.8. The number of benzene rings is 1. The molecule has 5 heteroatoms. The van der Waals surface area contributed by atoms with Gasteiger partial charge >= 0.3 is 5.69 Å². The molecule has 1 heterocycles. The predicted octanol–water partition coefficient (Wildman–Crippen LogP) is 1.39. The molecule has 0 fully saturated rings. The fraction of sp³-hybridized carbons (Fsp3) is 0.500. The molecule has 0 saturated heterocycles. The number of hydrogen-bond acceptors (Lipinski definition) is 3. The molecule has 0 aliphatic carbocycles. The third kappa shape index (κ3) is 3.05. The molecule has 1 aromatic heterocycles. The molecule has 0 N–H and O–H groups in total. The zero-order valence-electron chi connectivity index (χ0n) is 11.5. The third-order valence-corrected chi connectivity index (χ3v) is 3.15. The summed E-state index contributed by atoms with van der Waals surface area (Å²) in [7, 11) is 3.45. The molecule has 0 saturated carbocycles. The van der Waals surface area contributed by atoms with Crippen LogP contribution in [0.4, 0.5) is 0 Å². The molecule has 2 aromatic rings. The monoisotopic (exact) mass is 264 g/mol. The van der Waals surface area contributed by atoms with Gasteiger partial charge in [-0.25, -0.2) is 4.79 Å². The van der Waals surface area contributed by atoms with Crippen LogP contribution in [0, 0.1) is 0 Å². The van der Waals surface area contributed by atoms with E-state index in [1.54, 1.807) is 23.3 Å². The molecule has 0 radical (unpaired) electrons.